The third kappa shape index (κ3) is 5.56. The Bertz CT molecular complexity index is 1250. The van der Waals surface area contributed by atoms with Gasteiger partial charge in [0.1, 0.15) is 12.5 Å². The lowest BCUT2D eigenvalue weighted by molar-refractivity contribution is -0.128. The van der Waals surface area contributed by atoms with E-state index in [9.17, 15) is 18.8 Å². The number of benzene rings is 1. The number of thioether (sulfide) groups is 1. The molecule has 0 radical (unpaired) electrons. The van der Waals surface area contributed by atoms with Gasteiger partial charge in [-0.15, -0.1) is 10.2 Å². The van der Waals surface area contributed by atoms with Gasteiger partial charge in [0, 0.05) is 33.1 Å². The van der Waals surface area contributed by atoms with Crippen molar-refractivity contribution in [2.24, 2.45) is 0 Å². The maximum absolute atomic E-state index is 14.9. The predicted molar refractivity (Wildman–Crippen MR) is 126 cm³/mol. The fraction of sp³-hybridized carbons (Fsp3) is 0.350. The summed E-state index contributed by atoms with van der Waals surface area (Å²) in [6, 6.07) is 4.55. The summed E-state index contributed by atoms with van der Waals surface area (Å²) in [5, 5.41) is 10.5. The third-order valence-corrected chi connectivity index (χ3v) is 7.02. The van der Waals surface area contributed by atoms with Crippen molar-refractivity contribution in [1.29, 1.82) is 0 Å². The lowest BCUT2D eigenvalue weighted by atomic mass is 10.1. The van der Waals surface area contributed by atoms with E-state index in [0.29, 0.717) is 46.9 Å². The van der Waals surface area contributed by atoms with E-state index in [4.69, 9.17) is 10.3 Å². The van der Waals surface area contributed by atoms with Gasteiger partial charge in [0.05, 0.1) is 23.2 Å². The fourth-order valence-electron chi connectivity index (χ4n) is 3.46. The quantitative estimate of drug-likeness (QED) is 0.452. The molecule has 3 N–H and O–H groups in total. The standard InChI is InChI=1S/C20H22FN7O4S2/c1-12(29)23-11-28-9-14(18(31)32-28)13-2-3-16(15(21)8-13)26-4-6-27(7-5-26)17(30)10-33-20-25-24-19(22)34-20/h2-3,8-9H,4-7,10-11H2,1H3,(H2,22,24)(H,23,29). The van der Waals surface area contributed by atoms with Gasteiger partial charge in [-0.1, -0.05) is 29.2 Å². The zero-order valence-corrected chi connectivity index (χ0v) is 19.8. The number of hydrogen-bond donors (Lipinski definition) is 2. The fourth-order valence-corrected chi connectivity index (χ4v) is 5.00. The number of rotatable bonds is 7. The van der Waals surface area contributed by atoms with E-state index in [0.717, 1.165) is 0 Å². The van der Waals surface area contributed by atoms with Crippen molar-refractivity contribution in [2.45, 2.75) is 17.9 Å². The summed E-state index contributed by atoms with van der Waals surface area (Å²) in [7, 11) is 0. The smallest absolute Gasteiger partial charge is 0.365 e. The van der Waals surface area contributed by atoms with Crippen LogP contribution in [-0.4, -0.2) is 63.6 Å². The Morgan fingerprint density at radius 3 is 2.68 bits per heavy atom. The number of carbonyl (C=O) groups excluding carboxylic acids is 2. The van der Waals surface area contributed by atoms with Crippen LogP contribution in [-0.2, 0) is 16.3 Å². The Hall–Kier alpha value is -3.39. The SMILES string of the molecule is CC(=O)NCn1cc(-c2ccc(N3CCN(C(=O)CSc4nnc(N)s4)CC3)c(F)c2)c(=O)o1. The first-order valence-electron chi connectivity index (χ1n) is 10.3. The topological polar surface area (TPSA) is 140 Å². The molecule has 11 nitrogen and oxygen atoms in total. The summed E-state index contributed by atoms with van der Waals surface area (Å²) in [5.74, 6) is -0.529. The van der Waals surface area contributed by atoms with Gasteiger partial charge < -0.3 is 25.4 Å². The maximum atomic E-state index is 14.9. The van der Waals surface area contributed by atoms with E-state index in [2.05, 4.69) is 15.5 Å². The van der Waals surface area contributed by atoms with Crippen LogP contribution in [0.4, 0.5) is 15.2 Å². The summed E-state index contributed by atoms with van der Waals surface area (Å²) in [4.78, 5) is 39.3. The number of hydrogen-bond acceptors (Lipinski definition) is 10. The van der Waals surface area contributed by atoms with Crippen LogP contribution in [0.2, 0.25) is 0 Å². The molecule has 0 aliphatic carbocycles. The molecule has 1 aliphatic heterocycles. The molecule has 1 saturated heterocycles. The highest BCUT2D eigenvalue weighted by Gasteiger charge is 2.24. The summed E-state index contributed by atoms with van der Waals surface area (Å²) in [6.07, 6.45) is 1.42. The van der Waals surface area contributed by atoms with Crippen LogP contribution in [0.25, 0.3) is 11.1 Å². The normalized spacial score (nSPS) is 13.8. The average molecular weight is 508 g/mol. The van der Waals surface area contributed by atoms with Crippen molar-refractivity contribution in [3.63, 3.8) is 0 Å². The molecule has 3 aromatic rings. The second kappa shape index (κ2) is 10.3. The molecule has 0 spiro atoms. The first kappa shape index (κ1) is 23.8. The molecule has 0 bridgehead atoms. The van der Waals surface area contributed by atoms with Crippen LogP contribution in [0.15, 0.2) is 38.1 Å². The zero-order chi connectivity index (χ0) is 24.2. The first-order valence-corrected chi connectivity index (χ1v) is 12.1. The van der Waals surface area contributed by atoms with E-state index in [1.165, 1.54) is 47.0 Å². The molecule has 2 aromatic heterocycles. The minimum atomic E-state index is -0.626. The Labute approximate surface area is 201 Å². The van der Waals surface area contributed by atoms with Gasteiger partial charge in [0.15, 0.2) is 4.34 Å². The van der Waals surface area contributed by atoms with Crippen LogP contribution in [0.1, 0.15) is 6.92 Å². The number of amides is 2. The molecule has 4 rings (SSSR count). The van der Waals surface area contributed by atoms with E-state index >= 15 is 0 Å². The molecule has 0 saturated carbocycles. The molecule has 3 heterocycles. The highest BCUT2D eigenvalue weighted by molar-refractivity contribution is 8.01. The van der Waals surface area contributed by atoms with Crippen LogP contribution >= 0.6 is 23.1 Å². The molecule has 14 heteroatoms. The van der Waals surface area contributed by atoms with Gasteiger partial charge in [-0.3, -0.25) is 9.59 Å². The molecule has 0 unspecified atom stereocenters. The monoisotopic (exact) mass is 507 g/mol. The van der Waals surface area contributed by atoms with E-state index in [1.807, 2.05) is 4.90 Å². The second-order valence-electron chi connectivity index (χ2n) is 7.46. The third-order valence-electron chi connectivity index (χ3n) is 5.15. The molecule has 1 fully saturated rings. The summed E-state index contributed by atoms with van der Waals surface area (Å²) in [6.45, 7) is 3.24. The lowest BCUT2D eigenvalue weighted by Gasteiger charge is -2.36. The van der Waals surface area contributed by atoms with Crippen molar-refractivity contribution >= 4 is 45.7 Å². The number of halogens is 1. The molecule has 0 atom stereocenters. The number of anilines is 2. The van der Waals surface area contributed by atoms with E-state index in [-0.39, 0.29) is 29.8 Å². The first-order chi connectivity index (χ1) is 16.3. The van der Waals surface area contributed by atoms with Crippen molar-refractivity contribution in [1.82, 2.24) is 25.2 Å². The largest absolute Gasteiger partial charge is 0.374 e. The molecular weight excluding hydrogens is 485 g/mol. The van der Waals surface area contributed by atoms with Crippen LogP contribution in [0.5, 0.6) is 0 Å². The number of aromatic nitrogens is 3. The number of nitrogen functional groups attached to an aromatic ring is 1. The minimum absolute atomic E-state index is 0.00142. The molecule has 34 heavy (non-hydrogen) atoms. The lowest BCUT2D eigenvalue weighted by Crippen LogP contribution is -2.49. The number of carbonyl (C=O) groups is 2. The summed E-state index contributed by atoms with van der Waals surface area (Å²) >= 11 is 2.53. The molecule has 2 amide bonds. The van der Waals surface area contributed by atoms with Crippen molar-refractivity contribution in [3.05, 3.63) is 40.6 Å². The highest BCUT2D eigenvalue weighted by atomic mass is 32.2. The van der Waals surface area contributed by atoms with Crippen LogP contribution < -0.4 is 21.6 Å². The predicted octanol–water partition coefficient (Wildman–Crippen LogP) is 1.22. The van der Waals surface area contributed by atoms with Gasteiger partial charge in [0.25, 0.3) is 0 Å². The van der Waals surface area contributed by atoms with Crippen molar-refractivity contribution in [3.8, 4) is 11.1 Å². The van der Waals surface area contributed by atoms with Gasteiger partial charge >= 0.3 is 5.63 Å². The Balaban J connectivity index is 1.35. The maximum Gasteiger partial charge on any atom is 0.365 e. The number of piperazine rings is 1. The zero-order valence-electron chi connectivity index (χ0n) is 18.2. The Morgan fingerprint density at radius 2 is 2.03 bits per heavy atom. The number of nitrogens with one attached hydrogen (secondary N) is 1. The average Bonchev–Trinajstić information content (AvgIpc) is 3.41. The summed E-state index contributed by atoms with van der Waals surface area (Å²) in [5.41, 5.74) is 5.89. The van der Waals surface area contributed by atoms with Gasteiger partial charge in [0.2, 0.25) is 16.9 Å². The van der Waals surface area contributed by atoms with Crippen LogP contribution in [0.3, 0.4) is 0 Å². The Kier molecular flexibility index (Phi) is 7.17. The molecule has 1 aliphatic rings. The van der Waals surface area contributed by atoms with E-state index in [1.54, 1.807) is 17.0 Å². The van der Waals surface area contributed by atoms with Crippen molar-refractivity contribution < 1.29 is 18.5 Å². The van der Waals surface area contributed by atoms with Gasteiger partial charge in [-0.2, -0.15) is 4.74 Å². The second-order valence-corrected chi connectivity index (χ2v) is 9.69. The van der Waals surface area contributed by atoms with Crippen LogP contribution in [0, 0.1) is 5.82 Å². The number of nitrogens with zero attached hydrogens (tertiary/aromatic N) is 5. The van der Waals surface area contributed by atoms with Crippen molar-refractivity contribution in [2.75, 3.05) is 42.6 Å². The number of nitrogens with two attached hydrogens (primary N) is 1. The van der Waals surface area contributed by atoms with Gasteiger partial charge in [-0.05, 0) is 17.7 Å². The molecular formula is C20H22FN7O4S2. The van der Waals surface area contributed by atoms with Gasteiger partial charge in [-0.25, -0.2) is 9.18 Å². The summed E-state index contributed by atoms with van der Waals surface area (Å²) < 4.78 is 21.8. The Morgan fingerprint density at radius 1 is 1.26 bits per heavy atom. The molecule has 1 aromatic carbocycles. The highest BCUT2D eigenvalue weighted by Crippen LogP contribution is 2.27. The molecule has 180 valence electrons. The van der Waals surface area contributed by atoms with E-state index < -0.39 is 11.4 Å². The minimum Gasteiger partial charge on any atom is -0.374 e.